The Kier molecular flexibility index (Phi) is 1.54. The van der Waals surface area contributed by atoms with Gasteiger partial charge in [-0.05, 0) is 30.7 Å². The van der Waals surface area contributed by atoms with Crippen LogP contribution in [0.15, 0.2) is 30.5 Å². The molecule has 2 rings (SSSR count). The average Bonchev–Trinajstić information content (AvgIpc) is 2.12. The first-order valence-corrected chi connectivity index (χ1v) is 3.79. The molecule has 0 aliphatic carbocycles. The van der Waals surface area contributed by atoms with Gasteiger partial charge in [0, 0.05) is 11.6 Å². The molecule has 12 heavy (non-hydrogen) atoms. The van der Waals surface area contributed by atoms with Crippen molar-refractivity contribution in [1.82, 2.24) is 4.98 Å². The third-order valence-corrected chi connectivity index (χ3v) is 1.92. The Labute approximate surface area is 69.9 Å². The Morgan fingerprint density at radius 3 is 2.83 bits per heavy atom. The molecule has 2 heteroatoms. The highest BCUT2D eigenvalue weighted by molar-refractivity contribution is 5.81. The van der Waals surface area contributed by atoms with Crippen LogP contribution in [-0.2, 0) is 0 Å². The van der Waals surface area contributed by atoms with E-state index >= 15 is 0 Å². The summed E-state index contributed by atoms with van der Waals surface area (Å²) < 4.78 is 13.1. The Bertz CT molecular complexity index is 383. The lowest BCUT2D eigenvalue weighted by atomic mass is 10.1. The zero-order valence-electron chi connectivity index (χ0n) is 6.71. The first-order valence-electron chi connectivity index (χ1n) is 3.79. The fraction of sp³-hybridized carbons (Fsp3) is 0.100. The second-order valence-corrected chi connectivity index (χ2v) is 2.76. The Balaban J connectivity index is 2.95. The average molecular weight is 161 g/mol. The predicted molar refractivity (Wildman–Crippen MR) is 46.4 cm³/mol. The van der Waals surface area contributed by atoms with E-state index < -0.39 is 0 Å². The lowest BCUT2D eigenvalue weighted by molar-refractivity contribution is 0.639. The van der Waals surface area contributed by atoms with Crippen LogP contribution in [0.25, 0.3) is 10.9 Å². The molecule has 1 aromatic carbocycles. The Hall–Kier alpha value is -1.44. The van der Waals surface area contributed by atoms with E-state index in [0.29, 0.717) is 5.39 Å². The van der Waals surface area contributed by atoms with Gasteiger partial charge in [-0.3, -0.25) is 4.98 Å². The summed E-state index contributed by atoms with van der Waals surface area (Å²) in [5.41, 5.74) is 1.75. The van der Waals surface area contributed by atoms with Gasteiger partial charge in [0.1, 0.15) is 5.82 Å². The number of fused-ring (bicyclic) bond motifs is 1. The number of nitrogens with zero attached hydrogens (tertiary/aromatic N) is 1. The first kappa shape index (κ1) is 7.22. The second-order valence-electron chi connectivity index (χ2n) is 2.76. The van der Waals surface area contributed by atoms with E-state index in [1.54, 1.807) is 24.4 Å². The van der Waals surface area contributed by atoms with Crippen molar-refractivity contribution in [2.24, 2.45) is 0 Å². The van der Waals surface area contributed by atoms with E-state index in [1.165, 1.54) is 6.07 Å². The summed E-state index contributed by atoms with van der Waals surface area (Å²) >= 11 is 0. The molecule has 1 heterocycles. The molecule has 60 valence electrons. The van der Waals surface area contributed by atoms with Crippen LogP contribution >= 0.6 is 0 Å². The van der Waals surface area contributed by atoms with Gasteiger partial charge < -0.3 is 0 Å². The molecule has 0 aliphatic heterocycles. The fourth-order valence-electron chi connectivity index (χ4n) is 1.28. The molecule has 2 aromatic rings. The van der Waals surface area contributed by atoms with E-state index in [-0.39, 0.29) is 5.82 Å². The summed E-state index contributed by atoms with van der Waals surface area (Å²) in [6, 6.07) is 6.69. The van der Waals surface area contributed by atoms with Gasteiger partial charge in [0.2, 0.25) is 0 Å². The summed E-state index contributed by atoms with van der Waals surface area (Å²) in [7, 11) is 0. The smallest absolute Gasteiger partial charge is 0.132 e. The zero-order valence-corrected chi connectivity index (χ0v) is 6.71. The maximum atomic E-state index is 13.1. The van der Waals surface area contributed by atoms with Gasteiger partial charge >= 0.3 is 0 Å². The molecule has 0 aliphatic rings. The molecule has 0 saturated heterocycles. The van der Waals surface area contributed by atoms with E-state index in [4.69, 9.17) is 0 Å². The standard InChI is InChI=1S/C10H8FN/c1-7-4-5-9(11)8-3-2-6-12-10(7)8/h2-6H,1H3. The van der Waals surface area contributed by atoms with Crippen LogP contribution in [0.1, 0.15) is 5.56 Å². The third kappa shape index (κ3) is 0.961. The molecule has 0 radical (unpaired) electrons. The normalized spacial score (nSPS) is 10.5. The van der Waals surface area contributed by atoms with E-state index in [2.05, 4.69) is 4.98 Å². The molecule has 1 nitrogen and oxygen atoms in total. The molecule has 0 amide bonds. The lowest BCUT2D eigenvalue weighted by Gasteiger charge is -2.00. The van der Waals surface area contributed by atoms with Crippen molar-refractivity contribution >= 4 is 10.9 Å². The highest BCUT2D eigenvalue weighted by atomic mass is 19.1. The second kappa shape index (κ2) is 2.55. The maximum Gasteiger partial charge on any atom is 0.132 e. The van der Waals surface area contributed by atoms with E-state index in [1.807, 2.05) is 6.92 Å². The molecule has 0 fully saturated rings. The van der Waals surface area contributed by atoms with Crippen LogP contribution in [0.4, 0.5) is 4.39 Å². The van der Waals surface area contributed by atoms with Gasteiger partial charge in [0.05, 0.1) is 5.52 Å². The van der Waals surface area contributed by atoms with Gasteiger partial charge in [-0.1, -0.05) is 6.07 Å². The fourth-order valence-corrected chi connectivity index (χ4v) is 1.28. The maximum absolute atomic E-state index is 13.1. The van der Waals surface area contributed by atoms with Gasteiger partial charge in [-0.25, -0.2) is 4.39 Å². The molecule has 0 bridgehead atoms. The van der Waals surface area contributed by atoms with Gasteiger partial charge in [-0.15, -0.1) is 0 Å². The summed E-state index contributed by atoms with van der Waals surface area (Å²) in [6.07, 6.45) is 1.68. The van der Waals surface area contributed by atoms with Gasteiger partial charge in [-0.2, -0.15) is 0 Å². The zero-order chi connectivity index (χ0) is 8.55. The van der Waals surface area contributed by atoms with Crippen molar-refractivity contribution in [3.63, 3.8) is 0 Å². The third-order valence-electron chi connectivity index (χ3n) is 1.92. The largest absolute Gasteiger partial charge is 0.256 e. The molecular weight excluding hydrogens is 153 g/mol. The molecular formula is C10H8FN. The van der Waals surface area contributed by atoms with Gasteiger partial charge in [0.25, 0.3) is 0 Å². The number of halogens is 1. The van der Waals surface area contributed by atoms with Crippen LogP contribution in [0.2, 0.25) is 0 Å². The number of aryl methyl sites for hydroxylation is 1. The first-order chi connectivity index (χ1) is 5.79. The monoisotopic (exact) mass is 161 g/mol. The van der Waals surface area contributed by atoms with Crippen molar-refractivity contribution in [1.29, 1.82) is 0 Å². The lowest BCUT2D eigenvalue weighted by Crippen LogP contribution is -1.85. The SMILES string of the molecule is Cc1ccc(F)c2cccnc12. The molecule has 1 aromatic heterocycles. The predicted octanol–water partition coefficient (Wildman–Crippen LogP) is 2.68. The summed E-state index contributed by atoms with van der Waals surface area (Å²) in [6.45, 7) is 1.93. The minimum absolute atomic E-state index is 0.205. The van der Waals surface area contributed by atoms with Crippen molar-refractivity contribution in [3.05, 3.63) is 41.8 Å². The molecule has 0 spiro atoms. The van der Waals surface area contributed by atoms with Crippen LogP contribution in [0.5, 0.6) is 0 Å². The van der Waals surface area contributed by atoms with Crippen molar-refractivity contribution < 1.29 is 4.39 Å². The summed E-state index contributed by atoms with van der Waals surface area (Å²) in [4.78, 5) is 4.10. The van der Waals surface area contributed by atoms with Crippen LogP contribution in [-0.4, -0.2) is 4.98 Å². The minimum atomic E-state index is -0.205. The molecule has 0 saturated carbocycles. The topological polar surface area (TPSA) is 12.9 Å². The Morgan fingerprint density at radius 2 is 2.08 bits per heavy atom. The highest BCUT2D eigenvalue weighted by Crippen LogP contribution is 2.18. The van der Waals surface area contributed by atoms with Crippen molar-refractivity contribution in [2.45, 2.75) is 6.92 Å². The van der Waals surface area contributed by atoms with Crippen LogP contribution in [0.3, 0.4) is 0 Å². The number of hydrogen-bond acceptors (Lipinski definition) is 1. The van der Waals surface area contributed by atoms with E-state index in [9.17, 15) is 4.39 Å². The number of hydrogen-bond donors (Lipinski definition) is 0. The number of rotatable bonds is 0. The number of pyridine rings is 1. The summed E-state index contributed by atoms with van der Waals surface area (Å²) in [5, 5.41) is 0.595. The molecule has 0 atom stereocenters. The molecule has 0 unspecified atom stereocenters. The minimum Gasteiger partial charge on any atom is -0.256 e. The Morgan fingerprint density at radius 1 is 1.25 bits per heavy atom. The number of aromatic nitrogens is 1. The van der Waals surface area contributed by atoms with E-state index in [0.717, 1.165) is 11.1 Å². The van der Waals surface area contributed by atoms with Crippen molar-refractivity contribution in [2.75, 3.05) is 0 Å². The van der Waals surface area contributed by atoms with Gasteiger partial charge in [0.15, 0.2) is 0 Å². The quantitative estimate of drug-likeness (QED) is 0.578. The molecule has 0 N–H and O–H groups in total. The van der Waals surface area contributed by atoms with Crippen molar-refractivity contribution in [3.8, 4) is 0 Å². The van der Waals surface area contributed by atoms with Crippen LogP contribution < -0.4 is 0 Å². The number of benzene rings is 1. The highest BCUT2D eigenvalue weighted by Gasteiger charge is 2.01. The summed E-state index contributed by atoms with van der Waals surface area (Å²) in [5.74, 6) is -0.205. The van der Waals surface area contributed by atoms with Crippen LogP contribution in [0, 0.1) is 12.7 Å².